The molecule has 0 saturated carbocycles. The lowest BCUT2D eigenvalue weighted by Gasteiger charge is -2.31. The zero-order valence-electron chi connectivity index (χ0n) is 17.2. The summed E-state index contributed by atoms with van der Waals surface area (Å²) in [6.45, 7) is 2.81. The lowest BCUT2D eigenvalue weighted by molar-refractivity contribution is 0.0876. The third kappa shape index (κ3) is 5.50. The highest BCUT2D eigenvalue weighted by Gasteiger charge is 2.22. The number of benzene rings is 1. The van der Waals surface area contributed by atoms with E-state index in [1.807, 2.05) is 24.4 Å². The fourth-order valence-electron chi connectivity index (χ4n) is 3.62. The third-order valence-corrected chi connectivity index (χ3v) is 5.30. The number of pyridine rings is 1. The second kappa shape index (κ2) is 9.92. The molecule has 3 heterocycles. The van der Waals surface area contributed by atoms with Crippen molar-refractivity contribution in [2.24, 2.45) is 0 Å². The molecule has 1 aromatic carbocycles. The second-order valence-electron chi connectivity index (χ2n) is 7.51. The van der Waals surface area contributed by atoms with E-state index >= 15 is 0 Å². The third-order valence-electron chi connectivity index (χ3n) is 5.30. The number of piperidine rings is 1. The van der Waals surface area contributed by atoms with Crippen LogP contribution in [0.1, 0.15) is 40.4 Å². The van der Waals surface area contributed by atoms with Crippen LogP contribution in [0.5, 0.6) is 5.75 Å². The molecule has 0 atom stereocenters. The summed E-state index contributed by atoms with van der Waals surface area (Å²) in [7, 11) is 0. The average Bonchev–Trinajstić information content (AvgIpc) is 3.29. The van der Waals surface area contributed by atoms with Gasteiger partial charge in [0.2, 0.25) is 0 Å². The Morgan fingerprint density at radius 2 is 1.97 bits per heavy atom. The minimum Gasteiger partial charge on any atom is -0.484 e. The molecule has 3 aromatic rings. The number of nitrogens with zero attached hydrogens (tertiary/aromatic N) is 3. The second-order valence-corrected chi connectivity index (χ2v) is 7.51. The van der Waals surface area contributed by atoms with Crippen molar-refractivity contribution >= 4 is 5.91 Å². The summed E-state index contributed by atoms with van der Waals surface area (Å²) in [5.41, 5.74) is 1.52. The molecule has 1 amide bonds. The molecule has 1 aliphatic heterocycles. The van der Waals surface area contributed by atoms with Crippen molar-refractivity contribution in [1.82, 2.24) is 15.2 Å². The van der Waals surface area contributed by atoms with Gasteiger partial charge in [0.15, 0.2) is 5.76 Å². The van der Waals surface area contributed by atoms with Gasteiger partial charge in [-0.15, -0.1) is 0 Å². The van der Waals surface area contributed by atoms with Gasteiger partial charge in [0, 0.05) is 31.9 Å². The van der Waals surface area contributed by atoms with Crippen LogP contribution in [0, 0.1) is 11.3 Å². The smallest absolute Gasteiger partial charge is 0.287 e. The summed E-state index contributed by atoms with van der Waals surface area (Å²) in [4.78, 5) is 19.3. The Balaban J connectivity index is 1.24. The molecule has 2 aromatic heterocycles. The SMILES string of the molecule is N#Cc1ccccc1OCc1ccc(C(=O)NC2CCN(Cc3ccccn3)CC2)o1. The van der Waals surface area contributed by atoms with Crippen LogP contribution in [0.4, 0.5) is 0 Å². The minimum atomic E-state index is -0.216. The van der Waals surface area contributed by atoms with Crippen LogP contribution < -0.4 is 10.1 Å². The predicted molar refractivity (Wildman–Crippen MR) is 114 cm³/mol. The van der Waals surface area contributed by atoms with Crippen LogP contribution in [-0.4, -0.2) is 34.9 Å². The molecular weight excluding hydrogens is 392 g/mol. The van der Waals surface area contributed by atoms with E-state index in [4.69, 9.17) is 14.4 Å². The standard InChI is InChI=1S/C24H24N4O3/c25-15-18-5-1-2-7-22(18)30-17-21-8-9-23(31-21)24(29)27-19-10-13-28(14-11-19)16-20-6-3-4-12-26-20/h1-9,12,19H,10-11,13-14,16-17H2,(H,27,29). The van der Waals surface area contributed by atoms with Gasteiger partial charge in [-0.2, -0.15) is 5.26 Å². The molecule has 7 nitrogen and oxygen atoms in total. The molecule has 0 aliphatic carbocycles. The van der Waals surface area contributed by atoms with Crippen LogP contribution >= 0.6 is 0 Å². The Morgan fingerprint density at radius 3 is 2.74 bits per heavy atom. The molecular formula is C24H24N4O3. The van der Waals surface area contributed by atoms with E-state index < -0.39 is 0 Å². The number of hydrogen-bond donors (Lipinski definition) is 1. The van der Waals surface area contributed by atoms with Crippen LogP contribution in [0.2, 0.25) is 0 Å². The number of para-hydroxylation sites is 1. The maximum absolute atomic E-state index is 12.6. The fourth-order valence-corrected chi connectivity index (χ4v) is 3.62. The number of furan rings is 1. The normalized spacial score (nSPS) is 14.7. The molecule has 4 rings (SSSR count). The minimum absolute atomic E-state index is 0.125. The Hall–Kier alpha value is -3.63. The maximum atomic E-state index is 12.6. The first-order valence-electron chi connectivity index (χ1n) is 10.3. The van der Waals surface area contributed by atoms with E-state index in [-0.39, 0.29) is 24.3 Å². The first-order valence-corrected chi connectivity index (χ1v) is 10.3. The van der Waals surface area contributed by atoms with Crippen molar-refractivity contribution in [1.29, 1.82) is 5.26 Å². The number of carbonyl (C=O) groups is 1. The lowest BCUT2D eigenvalue weighted by atomic mass is 10.0. The van der Waals surface area contributed by atoms with E-state index in [9.17, 15) is 4.79 Å². The number of likely N-dealkylation sites (tertiary alicyclic amines) is 1. The summed E-state index contributed by atoms with van der Waals surface area (Å²) in [6.07, 6.45) is 3.59. The molecule has 1 N–H and O–H groups in total. The van der Waals surface area contributed by atoms with Crippen molar-refractivity contribution in [2.75, 3.05) is 13.1 Å². The number of rotatable bonds is 7. The van der Waals surface area contributed by atoms with Crippen LogP contribution in [0.15, 0.2) is 65.2 Å². The van der Waals surface area contributed by atoms with Crippen molar-refractivity contribution < 1.29 is 13.9 Å². The monoisotopic (exact) mass is 416 g/mol. The van der Waals surface area contributed by atoms with Crippen LogP contribution in [0.25, 0.3) is 0 Å². The molecule has 158 valence electrons. The fraction of sp³-hybridized carbons (Fsp3) is 0.292. The predicted octanol–water partition coefficient (Wildman–Crippen LogP) is 3.52. The van der Waals surface area contributed by atoms with Gasteiger partial charge in [-0.1, -0.05) is 18.2 Å². The summed E-state index contributed by atoms with van der Waals surface area (Å²) in [6, 6.07) is 18.6. The average molecular weight is 416 g/mol. The van der Waals surface area contributed by atoms with Gasteiger partial charge in [-0.3, -0.25) is 14.7 Å². The number of aromatic nitrogens is 1. The highest BCUT2D eigenvalue weighted by Crippen LogP contribution is 2.19. The van der Waals surface area contributed by atoms with Gasteiger partial charge in [0.1, 0.15) is 24.2 Å². The number of nitrogens with one attached hydrogen (secondary N) is 1. The summed E-state index contributed by atoms with van der Waals surface area (Å²) >= 11 is 0. The maximum Gasteiger partial charge on any atom is 0.287 e. The van der Waals surface area contributed by atoms with Gasteiger partial charge in [-0.05, 0) is 49.2 Å². The van der Waals surface area contributed by atoms with Crippen LogP contribution in [-0.2, 0) is 13.2 Å². The van der Waals surface area contributed by atoms with Gasteiger partial charge >= 0.3 is 0 Å². The first-order chi connectivity index (χ1) is 15.2. The van der Waals surface area contributed by atoms with Crippen molar-refractivity contribution in [3.63, 3.8) is 0 Å². The molecule has 1 aliphatic rings. The molecule has 1 saturated heterocycles. The number of carbonyl (C=O) groups excluding carboxylic acids is 1. The number of nitriles is 1. The molecule has 0 spiro atoms. The molecule has 0 bridgehead atoms. The van der Waals surface area contributed by atoms with E-state index in [2.05, 4.69) is 21.3 Å². The van der Waals surface area contributed by atoms with Crippen molar-refractivity contribution in [3.8, 4) is 11.8 Å². The Labute approximate surface area is 181 Å². The number of amides is 1. The zero-order chi connectivity index (χ0) is 21.5. The molecule has 0 unspecified atom stereocenters. The van der Waals surface area contributed by atoms with Gasteiger partial charge in [0.05, 0.1) is 11.3 Å². The highest BCUT2D eigenvalue weighted by atomic mass is 16.5. The van der Waals surface area contributed by atoms with Crippen LogP contribution in [0.3, 0.4) is 0 Å². The summed E-state index contributed by atoms with van der Waals surface area (Å²) in [5, 5.41) is 12.2. The Kier molecular flexibility index (Phi) is 6.60. The Morgan fingerprint density at radius 1 is 1.16 bits per heavy atom. The van der Waals surface area contributed by atoms with E-state index in [0.717, 1.165) is 38.2 Å². The highest BCUT2D eigenvalue weighted by molar-refractivity contribution is 5.91. The molecule has 7 heteroatoms. The quantitative estimate of drug-likeness (QED) is 0.634. The van der Waals surface area contributed by atoms with Crippen molar-refractivity contribution in [2.45, 2.75) is 32.0 Å². The van der Waals surface area contributed by atoms with Gasteiger partial charge in [-0.25, -0.2) is 0 Å². The lowest BCUT2D eigenvalue weighted by Crippen LogP contribution is -2.44. The van der Waals surface area contributed by atoms with Gasteiger partial charge in [0.25, 0.3) is 5.91 Å². The summed E-state index contributed by atoms with van der Waals surface area (Å²) in [5.74, 6) is 1.07. The number of ether oxygens (including phenoxy) is 1. The van der Waals surface area contributed by atoms with Crippen molar-refractivity contribution in [3.05, 3.63) is 83.6 Å². The Bertz CT molecular complexity index is 1050. The summed E-state index contributed by atoms with van der Waals surface area (Å²) < 4.78 is 11.3. The topological polar surface area (TPSA) is 91.4 Å². The number of hydrogen-bond acceptors (Lipinski definition) is 6. The first kappa shape index (κ1) is 20.6. The molecule has 31 heavy (non-hydrogen) atoms. The zero-order valence-corrected chi connectivity index (χ0v) is 17.2. The van der Waals surface area contributed by atoms with Gasteiger partial charge < -0.3 is 14.5 Å². The molecule has 0 radical (unpaired) electrons. The molecule has 1 fully saturated rings. The van der Waals surface area contributed by atoms with E-state index in [1.54, 1.807) is 36.4 Å². The largest absolute Gasteiger partial charge is 0.484 e. The van der Waals surface area contributed by atoms with E-state index in [1.165, 1.54) is 0 Å². The van der Waals surface area contributed by atoms with E-state index in [0.29, 0.717) is 17.1 Å².